The molecular weight excluding hydrogens is 222 g/mol. The Morgan fingerprint density at radius 1 is 1.53 bits per heavy atom. The molecule has 0 aromatic carbocycles. The van der Waals surface area contributed by atoms with Crippen molar-refractivity contribution in [3.63, 3.8) is 0 Å². The fourth-order valence-electron chi connectivity index (χ4n) is 1.78. The van der Waals surface area contributed by atoms with Gasteiger partial charge >= 0.3 is 6.03 Å². The largest absolute Gasteiger partial charge is 0.395 e. The number of rotatable bonds is 7. The summed E-state index contributed by atoms with van der Waals surface area (Å²) < 4.78 is 0. The van der Waals surface area contributed by atoms with Crippen molar-refractivity contribution in [2.24, 2.45) is 0 Å². The van der Waals surface area contributed by atoms with Crippen molar-refractivity contribution in [1.82, 2.24) is 15.1 Å². The van der Waals surface area contributed by atoms with Crippen LogP contribution in [0.3, 0.4) is 0 Å². The standard InChI is InChI=1S/C11H21N3O3/c1-2-3-5-13(7-8-15)9-10(16)14-6-4-12-11(14)17/h15H,2-9H2,1H3,(H,12,17). The van der Waals surface area contributed by atoms with E-state index in [2.05, 4.69) is 12.2 Å². The summed E-state index contributed by atoms with van der Waals surface area (Å²) in [6, 6.07) is -0.311. The number of carbonyl (C=O) groups is 2. The minimum atomic E-state index is -0.311. The highest BCUT2D eigenvalue weighted by Crippen LogP contribution is 2.01. The Morgan fingerprint density at radius 3 is 2.82 bits per heavy atom. The zero-order chi connectivity index (χ0) is 12.7. The van der Waals surface area contributed by atoms with Gasteiger partial charge in [0, 0.05) is 19.6 Å². The van der Waals surface area contributed by atoms with E-state index in [0.29, 0.717) is 19.6 Å². The minimum absolute atomic E-state index is 0.0309. The number of amides is 3. The van der Waals surface area contributed by atoms with Crippen LogP contribution in [0.4, 0.5) is 4.79 Å². The molecule has 98 valence electrons. The van der Waals surface area contributed by atoms with Crippen LogP contribution >= 0.6 is 0 Å². The van der Waals surface area contributed by atoms with Crippen LogP contribution in [0.25, 0.3) is 0 Å². The van der Waals surface area contributed by atoms with E-state index in [4.69, 9.17) is 5.11 Å². The smallest absolute Gasteiger partial charge is 0.324 e. The Bertz CT molecular complexity index is 271. The van der Waals surface area contributed by atoms with E-state index in [0.717, 1.165) is 19.4 Å². The van der Waals surface area contributed by atoms with E-state index in [1.807, 2.05) is 4.90 Å². The van der Waals surface area contributed by atoms with Gasteiger partial charge in [-0.1, -0.05) is 13.3 Å². The van der Waals surface area contributed by atoms with Gasteiger partial charge in [0.25, 0.3) is 0 Å². The van der Waals surface area contributed by atoms with E-state index in [1.54, 1.807) is 0 Å². The van der Waals surface area contributed by atoms with Crippen molar-refractivity contribution in [2.45, 2.75) is 19.8 Å². The molecule has 1 aliphatic heterocycles. The summed E-state index contributed by atoms with van der Waals surface area (Å²) in [4.78, 5) is 26.3. The lowest BCUT2D eigenvalue weighted by molar-refractivity contribution is -0.128. The predicted octanol–water partition coefficient (Wildman–Crippen LogP) is -0.367. The van der Waals surface area contributed by atoms with Crippen LogP contribution in [-0.4, -0.2) is 66.2 Å². The van der Waals surface area contributed by atoms with Crippen molar-refractivity contribution in [3.05, 3.63) is 0 Å². The monoisotopic (exact) mass is 243 g/mol. The first-order valence-electron chi connectivity index (χ1n) is 6.10. The van der Waals surface area contributed by atoms with Crippen LogP contribution in [-0.2, 0) is 4.79 Å². The highest BCUT2D eigenvalue weighted by Gasteiger charge is 2.26. The molecule has 2 N–H and O–H groups in total. The summed E-state index contributed by atoms with van der Waals surface area (Å²) in [6.07, 6.45) is 2.03. The maximum absolute atomic E-state index is 11.8. The molecule has 0 bridgehead atoms. The first-order chi connectivity index (χ1) is 8.19. The van der Waals surface area contributed by atoms with Crippen molar-refractivity contribution < 1.29 is 14.7 Å². The van der Waals surface area contributed by atoms with Gasteiger partial charge in [-0.3, -0.25) is 14.6 Å². The van der Waals surface area contributed by atoms with Crippen molar-refractivity contribution in [1.29, 1.82) is 0 Å². The number of urea groups is 1. The molecule has 6 heteroatoms. The van der Waals surface area contributed by atoms with Gasteiger partial charge in [0.05, 0.1) is 13.2 Å². The van der Waals surface area contributed by atoms with E-state index < -0.39 is 0 Å². The SMILES string of the molecule is CCCCN(CCO)CC(=O)N1CCNC1=O. The highest BCUT2D eigenvalue weighted by atomic mass is 16.3. The van der Waals surface area contributed by atoms with Crippen molar-refractivity contribution in [3.8, 4) is 0 Å². The van der Waals surface area contributed by atoms with Gasteiger partial charge in [-0.25, -0.2) is 4.79 Å². The lowest BCUT2D eigenvalue weighted by Crippen LogP contribution is -2.43. The quantitative estimate of drug-likeness (QED) is 0.640. The summed E-state index contributed by atoms with van der Waals surface area (Å²) >= 11 is 0. The average molecular weight is 243 g/mol. The maximum Gasteiger partial charge on any atom is 0.324 e. The second-order valence-corrected chi connectivity index (χ2v) is 4.13. The molecule has 1 rings (SSSR count). The molecule has 0 aromatic heterocycles. The van der Waals surface area contributed by atoms with Crippen LogP contribution in [0.2, 0.25) is 0 Å². The fourth-order valence-corrected chi connectivity index (χ4v) is 1.78. The van der Waals surface area contributed by atoms with Gasteiger partial charge < -0.3 is 10.4 Å². The predicted molar refractivity (Wildman–Crippen MR) is 63.5 cm³/mol. The number of aliphatic hydroxyl groups excluding tert-OH is 1. The number of nitrogens with zero attached hydrogens (tertiary/aromatic N) is 2. The van der Waals surface area contributed by atoms with Crippen molar-refractivity contribution in [2.75, 3.05) is 39.3 Å². The molecule has 17 heavy (non-hydrogen) atoms. The van der Waals surface area contributed by atoms with Gasteiger partial charge in [-0.05, 0) is 13.0 Å². The number of hydrogen-bond donors (Lipinski definition) is 2. The highest BCUT2D eigenvalue weighted by molar-refractivity contribution is 5.96. The molecule has 0 aliphatic carbocycles. The number of aliphatic hydroxyl groups is 1. The Labute approximate surface area is 102 Å². The Balaban J connectivity index is 2.42. The summed E-state index contributed by atoms with van der Waals surface area (Å²) in [7, 11) is 0. The summed E-state index contributed by atoms with van der Waals surface area (Å²) in [6.45, 7) is 4.53. The summed E-state index contributed by atoms with van der Waals surface area (Å²) in [5.41, 5.74) is 0. The van der Waals surface area contributed by atoms with Gasteiger partial charge in [0.2, 0.25) is 5.91 Å². The molecule has 0 aromatic rings. The number of hydrogen-bond acceptors (Lipinski definition) is 4. The Morgan fingerprint density at radius 2 is 2.29 bits per heavy atom. The zero-order valence-electron chi connectivity index (χ0n) is 10.3. The van der Waals surface area contributed by atoms with E-state index in [1.165, 1.54) is 4.90 Å². The van der Waals surface area contributed by atoms with Gasteiger partial charge in [0.15, 0.2) is 0 Å². The number of nitrogens with one attached hydrogen (secondary N) is 1. The van der Waals surface area contributed by atoms with Crippen LogP contribution in [0.1, 0.15) is 19.8 Å². The third kappa shape index (κ3) is 4.32. The van der Waals surface area contributed by atoms with E-state index >= 15 is 0 Å². The molecule has 3 amide bonds. The molecule has 1 aliphatic rings. The topological polar surface area (TPSA) is 72.9 Å². The van der Waals surface area contributed by atoms with Crippen LogP contribution in [0, 0.1) is 0 Å². The molecule has 1 heterocycles. The van der Waals surface area contributed by atoms with Crippen molar-refractivity contribution >= 4 is 11.9 Å². The second-order valence-electron chi connectivity index (χ2n) is 4.13. The Kier molecular flexibility index (Phi) is 5.93. The molecule has 0 atom stereocenters. The minimum Gasteiger partial charge on any atom is -0.395 e. The molecular formula is C11H21N3O3. The van der Waals surface area contributed by atoms with Gasteiger partial charge in [-0.15, -0.1) is 0 Å². The summed E-state index contributed by atoms with van der Waals surface area (Å²) in [5.74, 6) is -0.190. The fraction of sp³-hybridized carbons (Fsp3) is 0.818. The van der Waals surface area contributed by atoms with E-state index in [-0.39, 0.29) is 25.1 Å². The molecule has 0 radical (unpaired) electrons. The third-order valence-corrected chi connectivity index (χ3v) is 2.76. The average Bonchev–Trinajstić information content (AvgIpc) is 2.72. The third-order valence-electron chi connectivity index (χ3n) is 2.76. The lowest BCUT2D eigenvalue weighted by Gasteiger charge is -2.22. The maximum atomic E-state index is 11.8. The molecule has 1 fully saturated rings. The molecule has 0 unspecified atom stereocenters. The second kappa shape index (κ2) is 7.24. The van der Waals surface area contributed by atoms with Gasteiger partial charge in [0.1, 0.15) is 0 Å². The first kappa shape index (κ1) is 13.9. The first-order valence-corrected chi connectivity index (χ1v) is 6.10. The summed E-state index contributed by atoms with van der Waals surface area (Å²) in [5, 5.41) is 11.5. The van der Waals surface area contributed by atoms with Crippen LogP contribution < -0.4 is 5.32 Å². The van der Waals surface area contributed by atoms with Gasteiger partial charge in [-0.2, -0.15) is 0 Å². The number of carbonyl (C=O) groups excluding carboxylic acids is 2. The molecule has 6 nitrogen and oxygen atoms in total. The lowest BCUT2D eigenvalue weighted by atomic mass is 10.3. The Hall–Kier alpha value is -1.14. The zero-order valence-corrected chi connectivity index (χ0v) is 10.3. The van der Waals surface area contributed by atoms with Crippen LogP contribution in [0.15, 0.2) is 0 Å². The normalized spacial score (nSPS) is 15.5. The molecule has 0 saturated carbocycles. The number of unbranched alkanes of at least 4 members (excludes halogenated alkanes) is 1. The number of imide groups is 1. The molecule has 1 saturated heterocycles. The van der Waals surface area contributed by atoms with Crippen LogP contribution in [0.5, 0.6) is 0 Å². The molecule has 0 spiro atoms. The van der Waals surface area contributed by atoms with E-state index in [9.17, 15) is 9.59 Å².